The zero-order chi connectivity index (χ0) is 12.1. The van der Waals surface area contributed by atoms with E-state index >= 15 is 0 Å². The second-order valence-electron chi connectivity index (χ2n) is 4.95. The standard InChI is InChI=1S/C13H24N4/c1-3-14-8-13-10-17(11-15-13)12(2)9-16-6-4-5-7-16/h10-12,14H,3-9H2,1-2H3. The molecular formula is C13H24N4. The van der Waals surface area contributed by atoms with Crippen molar-refractivity contribution < 1.29 is 0 Å². The highest BCUT2D eigenvalue weighted by Gasteiger charge is 2.15. The van der Waals surface area contributed by atoms with Gasteiger partial charge in [-0.25, -0.2) is 4.98 Å². The summed E-state index contributed by atoms with van der Waals surface area (Å²) in [5, 5.41) is 3.30. The topological polar surface area (TPSA) is 33.1 Å². The second-order valence-corrected chi connectivity index (χ2v) is 4.95. The minimum absolute atomic E-state index is 0.524. The van der Waals surface area contributed by atoms with E-state index in [9.17, 15) is 0 Å². The van der Waals surface area contributed by atoms with Crippen LogP contribution in [-0.4, -0.2) is 40.6 Å². The van der Waals surface area contributed by atoms with Gasteiger partial charge in [0, 0.05) is 25.3 Å². The molecule has 0 amide bonds. The average Bonchev–Trinajstić information content (AvgIpc) is 2.96. The van der Waals surface area contributed by atoms with Gasteiger partial charge in [-0.1, -0.05) is 6.92 Å². The van der Waals surface area contributed by atoms with Crippen molar-refractivity contribution in [3.63, 3.8) is 0 Å². The summed E-state index contributed by atoms with van der Waals surface area (Å²) in [5.74, 6) is 0. The van der Waals surface area contributed by atoms with Crippen LogP contribution in [0.1, 0.15) is 38.4 Å². The van der Waals surface area contributed by atoms with Crippen LogP contribution in [0.4, 0.5) is 0 Å². The fourth-order valence-electron chi connectivity index (χ4n) is 2.40. The summed E-state index contributed by atoms with van der Waals surface area (Å²) < 4.78 is 2.24. The Morgan fingerprint density at radius 2 is 2.18 bits per heavy atom. The molecule has 1 aromatic heterocycles. The zero-order valence-electron chi connectivity index (χ0n) is 11.0. The predicted molar refractivity (Wildman–Crippen MR) is 70.0 cm³/mol. The first-order chi connectivity index (χ1) is 8.29. The molecule has 0 aliphatic carbocycles. The predicted octanol–water partition coefficient (Wildman–Crippen LogP) is 1.65. The van der Waals surface area contributed by atoms with Gasteiger partial charge >= 0.3 is 0 Å². The molecule has 0 bridgehead atoms. The van der Waals surface area contributed by atoms with Crippen molar-refractivity contribution in [3.05, 3.63) is 18.2 Å². The number of hydrogen-bond acceptors (Lipinski definition) is 3. The minimum atomic E-state index is 0.524. The van der Waals surface area contributed by atoms with E-state index in [1.807, 2.05) is 6.33 Å². The van der Waals surface area contributed by atoms with Gasteiger partial charge in [-0.3, -0.25) is 0 Å². The van der Waals surface area contributed by atoms with Gasteiger partial charge in [-0.2, -0.15) is 0 Å². The van der Waals surface area contributed by atoms with Crippen molar-refractivity contribution >= 4 is 0 Å². The van der Waals surface area contributed by atoms with Crippen molar-refractivity contribution in [1.29, 1.82) is 0 Å². The van der Waals surface area contributed by atoms with Crippen LogP contribution in [0, 0.1) is 0 Å². The summed E-state index contributed by atoms with van der Waals surface area (Å²) >= 11 is 0. The molecule has 1 atom stereocenters. The summed E-state index contributed by atoms with van der Waals surface area (Å²) in [4.78, 5) is 6.98. The quantitative estimate of drug-likeness (QED) is 0.815. The van der Waals surface area contributed by atoms with E-state index in [4.69, 9.17) is 0 Å². The lowest BCUT2D eigenvalue weighted by molar-refractivity contribution is 0.287. The number of hydrogen-bond donors (Lipinski definition) is 1. The molecule has 0 aromatic carbocycles. The molecule has 96 valence electrons. The van der Waals surface area contributed by atoms with Gasteiger partial charge in [0.15, 0.2) is 0 Å². The number of likely N-dealkylation sites (tertiary alicyclic amines) is 1. The van der Waals surface area contributed by atoms with Crippen LogP contribution >= 0.6 is 0 Å². The highest BCUT2D eigenvalue weighted by Crippen LogP contribution is 2.14. The van der Waals surface area contributed by atoms with E-state index in [1.54, 1.807) is 0 Å². The molecule has 0 radical (unpaired) electrons. The zero-order valence-corrected chi connectivity index (χ0v) is 11.0. The molecule has 1 aromatic rings. The third kappa shape index (κ3) is 3.54. The molecule has 1 unspecified atom stereocenters. The normalized spacial score (nSPS) is 18.7. The lowest BCUT2D eigenvalue weighted by Gasteiger charge is -2.20. The van der Waals surface area contributed by atoms with Crippen LogP contribution in [-0.2, 0) is 6.54 Å². The minimum Gasteiger partial charge on any atom is -0.333 e. The molecule has 1 fully saturated rings. The highest BCUT2D eigenvalue weighted by atomic mass is 15.2. The third-order valence-electron chi connectivity index (χ3n) is 3.44. The van der Waals surface area contributed by atoms with Crippen LogP contribution in [0.3, 0.4) is 0 Å². The first kappa shape index (κ1) is 12.6. The Bertz CT molecular complexity index is 328. The Hall–Kier alpha value is -0.870. The molecule has 4 heteroatoms. The Morgan fingerprint density at radius 3 is 2.88 bits per heavy atom. The third-order valence-corrected chi connectivity index (χ3v) is 3.44. The molecule has 2 rings (SSSR count). The van der Waals surface area contributed by atoms with Crippen LogP contribution in [0.2, 0.25) is 0 Å². The molecule has 1 saturated heterocycles. The van der Waals surface area contributed by atoms with Gasteiger partial charge < -0.3 is 14.8 Å². The van der Waals surface area contributed by atoms with Gasteiger partial charge in [-0.15, -0.1) is 0 Å². The molecule has 1 N–H and O–H groups in total. The van der Waals surface area contributed by atoms with Gasteiger partial charge in [0.25, 0.3) is 0 Å². The van der Waals surface area contributed by atoms with Crippen molar-refractivity contribution in [2.24, 2.45) is 0 Å². The summed E-state index contributed by atoms with van der Waals surface area (Å²) in [5.41, 5.74) is 1.14. The first-order valence-electron chi connectivity index (χ1n) is 6.75. The Kier molecular flexibility index (Phi) is 4.57. The lowest BCUT2D eigenvalue weighted by Crippen LogP contribution is -2.26. The molecule has 0 spiro atoms. The van der Waals surface area contributed by atoms with Crippen LogP contribution in [0.15, 0.2) is 12.5 Å². The molecular weight excluding hydrogens is 212 g/mol. The maximum absolute atomic E-state index is 4.43. The first-order valence-corrected chi connectivity index (χ1v) is 6.75. The van der Waals surface area contributed by atoms with Gasteiger partial charge in [-0.05, 0) is 39.4 Å². The van der Waals surface area contributed by atoms with Crippen molar-refractivity contribution in [1.82, 2.24) is 19.8 Å². The van der Waals surface area contributed by atoms with Crippen LogP contribution in [0.5, 0.6) is 0 Å². The maximum atomic E-state index is 4.43. The van der Waals surface area contributed by atoms with Crippen LogP contribution < -0.4 is 5.32 Å². The van der Waals surface area contributed by atoms with Gasteiger partial charge in [0.1, 0.15) is 0 Å². The van der Waals surface area contributed by atoms with Gasteiger partial charge in [0.2, 0.25) is 0 Å². The smallest absolute Gasteiger partial charge is 0.0952 e. The Labute approximate surface area is 104 Å². The summed E-state index contributed by atoms with van der Waals surface area (Å²) in [6.45, 7) is 9.95. The fourth-order valence-corrected chi connectivity index (χ4v) is 2.40. The Morgan fingerprint density at radius 1 is 1.41 bits per heavy atom. The Balaban J connectivity index is 1.85. The molecule has 2 heterocycles. The summed E-state index contributed by atoms with van der Waals surface area (Å²) in [7, 11) is 0. The molecule has 4 nitrogen and oxygen atoms in total. The fraction of sp³-hybridized carbons (Fsp3) is 0.769. The number of nitrogens with one attached hydrogen (secondary N) is 1. The molecule has 17 heavy (non-hydrogen) atoms. The van der Waals surface area contributed by atoms with Crippen molar-refractivity contribution in [2.75, 3.05) is 26.2 Å². The number of rotatable bonds is 6. The highest BCUT2D eigenvalue weighted by molar-refractivity contribution is 4.97. The number of nitrogens with zero attached hydrogens (tertiary/aromatic N) is 3. The van der Waals surface area contributed by atoms with E-state index < -0.39 is 0 Å². The second kappa shape index (κ2) is 6.17. The lowest BCUT2D eigenvalue weighted by atomic mass is 10.3. The molecule has 0 saturated carbocycles. The number of aromatic nitrogens is 2. The van der Waals surface area contributed by atoms with Gasteiger partial charge in [0.05, 0.1) is 12.0 Å². The monoisotopic (exact) mass is 236 g/mol. The van der Waals surface area contributed by atoms with Crippen molar-refractivity contribution in [3.8, 4) is 0 Å². The van der Waals surface area contributed by atoms with E-state index in [0.29, 0.717) is 6.04 Å². The van der Waals surface area contributed by atoms with E-state index in [0.717, 1.165) is 25.3 Å². The maximum Gasteiger partial charge on any atom is 0.0952 e. The number of imidazole rings is 1. The van der Waals surface area contributed by atoms with Crippen LogP contribution in [0.25, 0.3) is 0 Å². The van der Waals surface area contributed by atoms with E-state index in [2.05, 4.69) is 39.8 Å². The van der Waals surface area contributed by atoms with E-state index in [-0.39, 0.29) is 0 Å². The SMILES string of the molecule is CCNCc1cn(C(C)CN2CCCC2)cn1. The average molecular weight is 236 g/mol. The van der Waals surface area contributed by atoms with E-state index in [1.165, 1.54) is 25.9 Å². The summed E-state index contributed by atoms with van der Waals surface area (Å²) in [6, 6.07) is 0.524. The van der Waals surface area contributed by atoms with Crippen molar-refractivity contribution in [2.45, 2.75) is 39.3 Å². The largest absolute Gasteiger partial charge is 0.333 e. The molecule has 1 aliphatic heterocycles. The molecule has 1 aliphatic rings. The summed E-state index contributed by atoms with van der Waals surface area (Å²) in [6.07, 6.45) is 6.86.